The van der Waals surface area contributed by atoms with E-state index < -0.39 is 41.5 Å². The highest BCUT2D eigenvalue weighted by atomic mass is 35.5. The number of hydrogen-bond donors (Lipinski definition) is 1. The number of aliphatic hydroxyl groups is 1. The van der Waals surface area contributed by atoms with Crippen molar-refractivity contribution in [1.82, 2.24) is 4.90 Å². The Bertz CT molecular complexity index is 1010. The minimum atomic E-state index is -5.01. The molecule has 1 fully saturated rings. The summed E-state index contributed by atoms with van der Waals surface area (Å²) in [7, 11) is 0. The Morgan fingerprint density at radius 1 is 0.970 bits per heavy atom. The summed E-state index contributed by atoms with van der Waals surface area (Å²) in [6.45, 7) is -1.20. The van der Waals surface area contributed by atoms with Crippen LogP contribution >= 0.6 is 23.2 Å². The summed E-state index contributed by atoms with van der Waals surface area (Å²) in [5.74, 6) is 0. The normalized spacial score (nSPS) is 19.5. The summed E-state index contributed by atoms with van der Waals surface area (Å²) in [6, 6.07) is 5.76. The highest BCUT2D eigenvalue weighted by molar-refractivity contribution is 6.42. The molecular formula is C21H17Cl2F6NO3. The minimum absolute atomic E-state index is 0.0177. The van der Waals surface area contributed by atoms with Crippen LogP contribution in [0.5, 0.6) is 0 Å². The lowest BCUT2D eigenvalue weighted by Gasteiger charge is -2.42. The zero-order valence-corrected chi connectivity index (χ0v) is 18.2. The molecular weight excluding hydrogens is 499 g/mol. The molecule has 180 valence electrons. The molecule has 1 aliphatic rings. The van der Waals surface area contributed by atoms with E-state index >= 15 is 0 Å². The number of cyclic esters (lactones) is 1. The molecule has 3 rings (SSSR count). The third kappa shape index (κ3) is 5.67. The molecule has 12 heteroatoms. The number of nitrogens with zero attached hydrogens (tertiary/aromatic N) is 1. The second-order valence-corrected chi connectivity index (χ2v) is 8.52. The van der Waals surface area contributed by atoms with E-state index in [0.29, 0.717) is 17.7 Å². The number of alkyl halides is 6. The predicted octanol–water partition coefficient (Wildman–Crippen LogP) is 6.30. The van der Waals surface area contributed by atoms with E-state index in [1.165, 1.54) is 12.1 Å². The van der Waals surface area contributed by atoms with Crippen molar-refractivity contribution >= 4 is 29.3 Å². The van der Waals surface area contributed by atoms with Crippen LogP contribution in [-0.4, -0.2) is 35.9 Å². The van der Waals surface area contributed by atoms with Crippen molar-refractivity contribution in [2.75, 3.05) is 19.8 Å². The molecule has 1 unspecified atom stereocenters. The molecule has 0 aliphatic carbocycles. The zero-order chi connectivity index (χ0) is 24.6. The number of aliphatic hydroxyl groups excluding tert-OH is 1. The van der Waals surface area contributed by atoms with Crippen LogP contribution in [0.3, 0.4) is 0 Å². The first-order chi connectivity index (χ1) is 15.2. The Morgan fingerprint density at radius 2 is 1.58 bits per heavy atom. The fraction of sp³-hybridized carbons (Fsp3) is 0.381. The van der Waals surface area contributed by atoms with Crippen LogP contribution in [0.4, 0.5) is 31.1 Å². The Hall–Kier alpha value is -2.17. The number of amides is 1. The van der Waals surface area contributed by atoms with Gasteiger partial charge < -0.3 is 14.7 Å². The number of benzene rings is 2. The molecule has 1 atom stereocenters. The Labute approximate surface area is 194 Å². The summed E-state index contributed by atoms with van der Waals surface area (Å²) in [5.41, 5.74) is -3.80. The van der Waals surface area contributed by atoms with Crippen molar-refractivity contribution in [2.45, 2.75) is 30.7 Å². The van der Waals surface area contributed by atoms with E-state index in [9.17, 15) is 36.2 Å². The number of rotatable bonds is 5. The van der Waals surface area contributed by atoms with Crippen LogP contribution in [0, 0.1) is 0 Å². The average Bonchev–Trinajstić information content (AvgIpc) is 2.71. The summed E-state index contributed by atoms with van der Waals surface area (Å²) in [4.78, 5) is 13.4. The lowest BCUT2D eigenvalue weighted by Crippen LogP contribution is -2.52. The third-order valence-corrected chi connectivity index (χ3v) is 6.11. The van der Waals surface area contributed by atoms with Crippen molar-refractivity contribution in [1.29, 1.82) is 0 Å². The molecule has 4 nitrogen and oxygen atoms in total. The molecule has 0 bridgehead atoms. The number of carbonyl (C=O) groups excluding carboxylic acids is 1. The maximum absolute atomic E-state index is 13.2. The van der Waals surface area contributed by atoms with E-state index in [1.54, 1.807) is 6.07 Å². The maximum atomic E-state index is 13.2. The second kappa shape index (κ2) is 9.23. The van der Waals surface area contributed by atoms with Crippen LogP contribution < -0.4 is 0 Å². The number of ether oxygens (including phenoxy) is 1. The van der Waals surface area contributed by atoms with Crippen molar-refractivity contribution in [3.05, 3.63) is 68.7 Å². The van der Waals surface area contributed by atoms with E-state index in [-0.39, 0.29) is 47.9 Å². The van der Waals surface area contributed by atoms with Crippen LogP contribution in [0.25, 0.3) is 0 Å². The van der Waals surface area contributed by atoms with Gasteiger partial charge in [0.2, 0.25) is 0 Å². The highest BCUT2D eigenvalue weighted by Gasteiger charge is 2.42. The minimum Gasteiger partial charge on any atom is -0.448 e. The van der Waals surface area contributed by atoms with Gasteiger partial charge in [-0.3, -0.25) is 0 Å². The first kappa shape index (κ1) is 25.5. The first-order valence-corrected chi connectivity index (χ1v) is 10.3. The fourth-order valence-electron chi connectivity index (χ4n) is 3.73. The van der Waals surface area contributed by atoms with Gasteiger partial charge >= 0.3 is 18.4 Å². The molecule has 33 heavy (non-hydrogen) atoms. The molecule has 0 saturated carbocycles. The number of hydrogen-bond acceptors (Lipinski definition) is 3. The quantitative estimate of drug-likeness (QED) is 0.475. The molecule has 1 heterocycles. The third-order valence-electron chi connectivity index (χ3n) is 5.37. The van der Waals surface area contributed by atoms with Gasteiger partial charge in [0.1, 0.15) is 6.61 Å². The molecule has 2 aromatic carbocycles. The van der Waals surface area contributed by atoms with Crippen LogP contribution in [0.15, 0.2) is 36.4 Å². The van der Waals surface area contributed by atoms with E-state index in [1.807, 2.05) is 0 Å². The highest BCUT2D eigenvalue weighted by Crippen LogP contribution is 2.39. The molecule has 0 radical (unpaired) electrons. The lowest BCUT2D eigenvalue weighted by atomic mass is 9.77. The van der Waals surface area contributed by atoms with Gasteiger partial charge in [0.15, 0.2) is 0 Å². The summed E-state index contributed by atoms with van der Waals surface area (Å²) in [5, 5.41) is 10.0. The molecule has 2 aromatic rings. The molecule has 1 saturated heterocycles. The SMILES string of the molecule is O=C1OCC(CCO)(c2ccc(Cl)c(Cl)c2)CN1Cc1cc(C(F)(F)F)cc(C(F)(F)F)c1. The van der Waals surface area contributed by atoms with Crippen LogP contribution in [0.1, 0.15) is 28.7 Å². The van der Waals surface area contributed by atoms with Gasteiger partial charge in [0.25, 0.3) is 0 Å². The molecule has 0 aromatic heterocycles. The summed E-state index contributed by atoms with van der Waals surface area (Å²) < 4.78 is 84.3. The van der Waals surface area contributed by atoms with Gasteiger partial charge in [-0.2, -0.15) is 26.3 Å². The molecule has 1 amide bonds. The zero-order valence-electron chi connectivity index (χ0n) is 16.7. The molecule has 1 N–H and O–H groups in total. The second-order valence-electron chi connectivity index (χ2n) is 7.71. The average molecular weight is 516 g/mol. The lowest BCUT2D eigenvalue weighted by molar-refractivity contribution is -0.143. The maximum Gasteiger partial charge on any atom is 0.416 e. The van der Waals surface area contributed by atoms with Gasteiger partial charge in [-0.25, -0.2) is 4.79 Å². The van der Waals surface area contributed by atoms with Gasteiger partial charge in [0, 0.05) is 25.1 Å². The van der Waals surface area contributed by atoms with Crippen molar-refractivity contribution in [3.63, 3.8) is 0 Å². The standard InChI is InChI=1S/C21H17Cl2F6NO3/c22-16-2-1-13(8-17(16)23)19(3-4-31)10-30(18(32)33-11-19)9-12-5-14(20(24,25)26)7-15(6-12)21(27,28)29/h1-2,5-8,31H,3-4,9-11H2. The van der Waals surface area contributed by atoms with E-state index in [0.717, 1.165) is 4.90 Å². The van der Waals surface area contributed by atoms with E-state index in [4.69, 9.17) is 27.9 Å². The first-order valence-electron chi connectivity index (χ1n) is 9.52. The Balaban J connectivity index is 1.99. The van der Waals surface area contributed by atoms with Crippen molar-refractivity contribution in [2.24, 2.45) is 0 Å². The largest absolute Gasteiger partial charge is 0.448 e. The van der Waals surface area contributed by atoms with E-state index in [2.05, 4.69) is 0 Å². The summed E-state index contributed by atoms with van der Waals surface area (Å²) in [6.07, 6.45) is -10.8. The molecule has 0 spiro atoms. The smallest absolute Gasteiger partial charge is 0.416 e. The van der Waals surface area contributed by atoms with Crippen molar-refractivity contribution in [3.8, 4) is 0 Å². The van der Waals surface area contributed by atoms with Crippen molar-refractivity contribution < 1.29 is 41.0 Å². The van der Waals surface area contributed by atoms with Crippen LogP contribution in [0.2, 0.25) is 10.0 Å². The Morgan fingerprint density at radius 3 is 2.09 bits per heavy atom. The summed E-state index contributed by atoms with van der Waals surface area (Å²) >= 11 is 12.0. The van der Waals surface area contributed by atoms with Gasteiger partial charge in [-0.15, -0.1) is 0 Å². The van der Waals surface area contributed by atoms with Gasteiger partial charge in [-0.1, -0.05) is 29.3 Å². The van der Waals surface area contributed by atoms with Gasteiger partial charge in [-0.05, 0) is 47.9 Å². The fourth-order valence-corrected chi connectivity index (χ4v) is 4.03. The number of carbonyl (C=O) groups is 1. The molecule has 1 aliphatic heterocycles. The van der Waals surface area contributed by atoms with Crippen LogP contribution in [-0.2, 0) is 29.0 Å². The van der Waals surface area contributed by atoms with Gasteiger partial charge in [0.05, 0.1) is 21.2 Å². The predicted molar refractivity (Wildman–Crippen MR) is 108 cm³/mol. The number of halogens is 8. The Kier molecular flexibility index (Phi) is 7.12. The monoisotopic (exact) mass is 515 g/mol. The topological polar surface area (TPSA) is 49.8 Å².